The van der Waals surface area contributed by atoms with E-state index in [1.54, 1.807) is 42.1 Å². The fourth-order valence-corrected chi connectivity index (χ4v) is 3.60. The molecule has 0 aliphatic carbocycles. The van der Waals surface area contributed by atoms with E-state index in [-0.39, 0.29) is 5.91 Å². The number of amides is 1. The van der Waals surface area contributed by atoms with E-state index < -0.39 is 0 Å². The summed E-state index contributed by atoms with van der Waals surface area (Å²) in [5.74, 6) is 0.514. The Morgan fingerprint density at radius 3 is 2.91 bits per heavy atom. The number of H-pyrrole nitrogens is 1. The molecule has 0 saturated heterocycles. The van der Waals surface area contributed by atoms with Gasteiger partial charge in [0.25, 0.3) is 5.91 Å². The molecular formula is C14H13N7OS. The van der Waals surface area contributed by atoms with Gasteiger partial charge in [0.1, 0.15) is 16.9 Å². The maximum atomic E-state index is 12.3. The van der Waals surface area contributed by atoms with Crippen molar-refractivity contribution in [2.24, 2.45) is 0 Å². The van der Waals surface area contributed by atoms with Crippen LogP contribution < -0.4 is 0 Å². The second-order valence-electron chi connectivity index (χ2n) is 5.35. The molecule has 8 nitrogen and oxygen atoms in total. The third-order valence-corrected chi connectivity index (χ3v) is 4.80. The van der Waals surface area contributed by atoms with Crippen molar-refractivity contribution in [2.45, 2.75) is 6.92 Å². The molecule has 1 N–H and O–H groups in total. The third kappa shape index (κ3) is 2.00. The van der Waals surface area contributed by atoms with E-state index in [0.29, 0.717) is 16.3 Å². The van der Waals surface area contributed by atoms with Gasteiger partial charge in [0, 0.05) is 20.3 Å². The SMILES string of the molecule is Cc1c(C(=O)N(C)C)sc2ncn3nc(-c4ccn[nH]4)nc3c12. The van der Waals surface area contributed by atoms with Crippen LogP contribution in [0.3, 0.4) is 0 Å². The van der Waals surface area contributed by atoms with E-state index in [0.717, 1.165) is 21.5 Å². The molecule has 4 aromatic heterocycles. The van der Waals surface area contributed by atoms with Crippen LogP contribution in [0.15, 0.2) is 18.6 Å². The number of aryl methyl sites for hydroxylation is 1. The zero-order chi connectivity index (χ0) is 16.1. The topological polar surface area (TPSA) is 92.1 Å². The molecule has 23 heavy (non-hydrogen) atoms. The van der Waals surface area contributed by atoms with Crippen LogP contribution in [0.5, 0.6) is 0 Å². The Balaban J connectivity index is 1.99. The molecular weight excluding hydrogens is 314 g/mol. The molecule has 0 aliphatic heterocycles. The Labute approximate surface area is 134 Å². The number of hydrogen-bond donors (Lipinski definition) is 1. The normalized spacial score (nSPS) is 11.4. The summed E-state index contributed by atoms with van der Waals surface area (Å²) in [5.41, 5.74) is 2.30. The number of hydrogen-bond acceptors (Lipinski definition) is 6. The number of aromatic amines is 1. The summed E-state index contributed by atoms with van der Waals surface area (Å²) in [6.07, 6.45) is 3.27. The number of nitrogens with zero attached hydrogens (tertiary/aromatic N) is 6. The van der Waals surface area contributed by atoms with Crippen molar-refractivity contribution >= 4 is 33.1 Å². The Morgan fingerprint density at radius 1 is 1.39 bits per heavy atom. The lowest BCUT2D eigenvalue weighted by Crippen LogP contribution is -2.21. The Bertz CT molecular complexity index is 1030. The Kier molecular flexibility index (Phi) is 2.91. The average molecular weight is 327 g/mol. The number of rotatable bonds is 2. The van der Waals surface area contributed by atoms with E-state index in [1.165, 1.54) is 11.3 Å². The van der Waals surface area contributed by atoms with Crippen LogP contribution in [0, 0.1) is 6.92 Å². The molecule has 0 radical (unpaired) electrons. The summed E-state index contributed by atoms with van der Waals surface area (Å²) in [6, 6.07) is 1.81. The summed E-state index contributed by atoms with van der Waals surface area (Å²) in [6.45, 7) is 1.92. The first-order chi connectivity index (χ1) is 11.1. The number of thiophene rings is 1. The van der Waals surface area contributed by atoms with Crippen LogP contribution in [0.25, 0.3) is 27.4 Å². The molecule has 1 amide bonds. The van der Waals surface area contributed by atoms with E-state index >= 15 is 0 Å². The summed E-state index contributed by atoms with van der Waals surface area (Å²) in [4.78, 5) is 24.3. The number of fused-ring (bicyclic) bond motifs is 3. The van der Waals surface area contributed by atoms with Gasteiger partial charge in [-0.2, -0.15) is 5.10 Å². The van der Waals surface area contributed by atoms with Crippen LogP contribution in [0.1, 0.15) is 15.2 Å². The van der Waals surface area contributed by atoms with Crippen molar-refractivity contribution in [1.29, 1.82) is 0 Å². The maximum absolute atomic E-state index is 12.3. The first kappa shape index (κ1) is 13.8. The number of carbonyl (C=O) groups excluding carboxylic acids is 1. The zero-order valence-corrected chi connectivity index (χ0v) is 13.5. The van der Waals surface area contributed by atoms with Gasteiger partial charge in [-0.25, -0.2) is 14.5 Å². The maximum Gasteiger partial charge on any atom is 0.263 e. The van der Waals surface area contributed by atoms with Gasteiger partial charge >= 0.3 is 0 Å². The van der Waals surface area contributed by atoms with Crippen molar-refractivity contribution in [3.63, 3.8) is 0 Å². The second kappa shape index (κ2) is 4.85. The van der Waals surface area contributed by atoms with Crippen molar-refractivity contribution in [1.82, 2.24) is 34.7 Å². The molecule has 4 aromatic rings. The fourth-order valence-electron chi connectivity index (χ4n) is 2.44. The molecule has 0 atom stereocenters. The van der Waals surface area contributed by atoms with E-state index in [2.05, 4.69) is 25.3 Å². The van der Waals surface area contributed by atoms with Gasteiger partial charge in [0.2, 0.25) is 0 Å². The molecule has 4 rings (SSSR count). The summed E-state index contributed by atoms with van der Waals surface area (Å²) >= 11 is 1.38. The Hall–Kier alpha value is -2.81. The molecule has 0 unspecified atom stereocenters. The van der Waals surface area contributed by atoms with Crippen LogP contribution in [0.2, 0.25) is 0 Å². The smallest absolute Gasteiger partial charge is 0.263 e. The third-order valence-electron chi connectivity index (χ3n) is 3.61. The lowest BCUT2D eigenvalue weighted by atomic mass is 10.2. The minimum atomic E-state index is -0.0306. The predicted molar refractivity (Wildman–Crippen MR) is 86.5 cm³/mol. The van der Waals surface area contributed by atoms with Crippen LogP contribution in [0.4, 0.5) is 0 Å². The van der Waals surface area contributed by atoms with E-state index in [4.69, 9.17) is 0 Å². The molecule has 0 spiro atoms. The molecule has 0 aliphatic rings. The first-order valence-corrected chi connectivity index (χ1v) is 7.74. The molecule has 0 fully saturated rings. The van der Waals surface area contributed by atoms with Gasteiger partial charge in [-0.1, -0.05) is 0 Å². The highest BCUT2D eigenvalue weighted by molar-refractivity contribution is 7.20. The lowest BCUT2D eigenvalue weighted by molar-refractivity contribution is 0.0831. The molecule has 4 heterocycles. The van der Waals surface area contributed by atoms with E-state index in [1.807, 2.05) is 6.92 Å². The quantitative estimate of drug-likeness (QED) is 0.605. The van der Waals surface area contributed by atoms with Gasteiger partial charge in [0.15, 0.2) is 11.5 Å². The van der Waals surface area contributed by atoms with Gasteiger partial charge in [-0.3, -0.25) is 9.89 Å². The van der Waals surface area contributed by atoms with Crippen molar-refractivity contribution in [2.75, 3.05) is 14.1 Å². The van der Waals surface area contributed by atoms with Crippen LogP contribution in [-0.2, 0) is 0 Å². The van der Waals surface area contributed by atoms with E-state index in [9.17, 15) is 4.79 Å². The van der Waals surface area contributed by atoms with Crippen LogP contribution >= 0.6 is 11.3 Å². The summed E-state index contributed by atoms with van der Waals surface area (Å²) < 4.78 is 1.63. The number of nitrogens with one attached hydrogen (secondary N) is 1. The first-order valence-electron chi connectivity index (χ1n) is 6.92. The number of carbonyl (C=O) groups is 1. The predicted octanol–water partition coefficient (Wildman–Crippen LogP) is 1.74. The average Bonchev–Trinajstić information content (AvgIpc) is 3.23. The fraction of sp³-hybridized carbons (Fsp3) is 0.214. The van der Waals surface area contributed by atoms with Crippen molar-refractivity contribution in [3.05, 3.63) is 29.0 Å². The highest BCUT2D eigenvalue weighted by atomic mass is 32.1. The highest BCUT2D eigenvalue weighted by Gasteiger charge is 2.21. The van der Waals surface area contributed by atoms with Gasteiger partial charge in [0.05, 0.1) is 10.3 Å². The minimum absolute atomic E-state index is 0.0306. The lowest BCUT2D eigenvalue weighted by Gasteiger charge is -2.08. The molecule has 0 saturated carbocycles. The summed E-state index contributed by atoms with van der Waals surface area (Å²) in [7, 11) is 3.48. The Morgan fingerprint density at radius 2 is 2.22 bits per heavy atom. The molecule has 116 valence electrons. The highest BCUT2D eigenvalue weighted by Crippen LogP contribution is 2.32. The van der Waals surface area contributed by atoms with Gasteiger partial charge < -0.3 is 4.90 Å². The molecule has 0 bridgehead atoms. The summed E-state index contributed by atoms with van der Waals surface area (Å²) in [5, 5.41) is 12.0. The molecule has 0 aromatic carbocycles. The standard InChI is InChI=1S/C14H13N7OS/c1-7-9-12-17-11(8-4-5-16-18-8)19-21(12)6-15-13(9)23-10(7)14(22)20(2)3/h4-6H,1-3H3,(H,16,18). The monoisotopic (exact) mass is 327 g/mol. The number of aromatic nitrogens is 6. The minimum Gasteiger partial charge on any atom is -0.344 e. The van der Waals surface area contributed by atoms with Gasteiger partial charge in [-0.05, 0) is 18.6 Å². The second-order valence-corrected chi connectivity index (χ2v) is 6.35. The zero-order valence-electron chi connectivity index (χ0n) is 12.7. The van der Waals surface area contributed by atoms with Gasteiger partial charge in [-0.15, -0.1) is 16.4 Å². The van der Waals surface area contributed by atoms with Crippen LogP contribution in [-0.4, -0.2) is 54.7 Å². The van der Waals surface area contributed by atoms with Crippen molar-refractivity contribution < 1.29 is 4.79 Å². The largest absolute Gasteiger partial charge is 0.344 e. The molecule has 9 heteroatoms. The van der Waals surface area contributed by atoms with Crippen molar-refractivity contribution in [3.8, 4) is 11.5 Å².